The molecule has 1 aromatic heterocycles. The van der Waals surface area contributed by atoms with Crippen LogP contribution in [-0.4, -0.2) is 6.71 Å². The first kappa shape index (κ1) is 48.1. The van der Waals surface area contributed by atoms with Crippen molar-refractivity contribution < 1.29 is 0 Å². The predicted molar refractivity (Wildman–Crippen MR) is 305 cm³/mol. The summed E-state index contributed by atoms with van der Waals surface area (Å²) < 4.78 is 1.52. The molecule has 0 spiro atoms. The zero-order valence-electron chi connectivity index (χ0n) is 46.2. The van der Waals surface area contributed by atoms with E-state index in [1.165, 1.54) is 131 Å². The number of nitrogens with zero attached hydrogens (tertiary/aromatic N) is 2. The number of hydrogen-bond acceptors (Lipinski definition) is 3. The van der Waals surface area contributed by atoms with Crippen molar-refractivity contribution in [2.45, 2.75) is 202 Å². The van der Waals surface area contributed by atoms with Crippen molar-refractivity contribution in [2.75, 3.05) is 9.80 Å². The molecule has 4 aliphatic rings. The lowest BCUT2D eigenvalue weighted by Crippen LogP contribution is -2.61. The van der Waals surface area contributed by atoms with Gasteiger partial charge in [-0.3, -0.25) is 0 Å². The largest absolute Gasteiger partial charge is 0.311 e. The van der Waals surface area contributed by atoms with Crippen LogP contribution < -0.4 is 25.5 Å². The summed E-state index contributed by atoms with van der Waals surface area (Å²) in [5.74, 6) is 0. The van der Waals surface area contributed by atoms with Crippen molar-refractivity contribution >= 4 is 67.9 Å². The van der Waals surface area contributed by atoms with E-state index in [-0.39, 0.29) is 44.6 Å². The number of hydrogen-bond donors (Lipinski definition) is 0. The summed E-state index contributed by atoms with van der Waals surface area (Å²) in [5, 5.41) is 0. The molecule has 69 heavy (non-hydrogen) atoms. The van der Waals surface area contributed by atoms with E-state index in [0.29, 0.717) is 0 Å². The number of benzene rings is 5. The van der Waals surface area contributed by atoms with Gasteiger partial charge < -0.3 is 9.80 Å². The van der Waals surface area contributed by atoms with Gasteiger partial charge in [0.25, 0.3) is 6.71 Å². The first-order valence-electron chi connectivity index (χ1n) is 26.3. The number of aryl methyl sites for hydroxylation is 3. The van der Waals surface area contributed by atoms with Crippen LogP contribution in [0, 0.1) is 20.8 Å². The maximum absolute atomic E-state index is 2.77. The Labute approximate surface area is 422 Å². The van der Waals surface area contributed by atoms with Crippen LogP contribution in [0.5, 0.6) is 0 Å². The highest BCUT2D eigenvalue weighted by Crippen LogP contribution is 2.58. The minimum Gasteiger partial charge on any atom is -0.311 e. The molecule has 2 aliphatic carbocycles. The average molecular weight is 933 g/mol. The first-order chi connectivity index (χ1) is 31.8. The SMILES string of the molecule is Cc1cc(C)c(-c2cc(C(C)(C)C)ccc2N2c3cc4c(cc3B3c5sc6c(c5N(c5ccc(C(C)(C)C)cc5)c5cc(C(C)(C)C)cc2c53)C(C)(C)CCC6(C)C)C(C)(C)CCC4(C)C)c(C)c1. The zero-order chi connectivity index (χ0) is 50.1. The Morgan fingerprint density at radius 3 is 1.57 bits per heavy atom. The highest BCUT2D eigenvalue weighted by molar-refractivity contribution is 7.29. The fraction of sp³-hybridized carbons (Fsp3) is 0.477. The first-order valence-corrected chi connectivity index (χ1v) is 27.1. The third kappa shape index (κ3) is 7.53. The van der Waals surface area contributed by atoms with E-state index >= 15 is 0 Å². The van der Waals surface area contributed by atoms with Crippen LogP contribution in [0.15, 0.2) is 78.9 Å². The summed E-state index contributed by atoms with van der Waals surface area (Å²) in [4.78, 5) is 7.11. The van der Waals surface area contributed by atoms with Gasteiger partial charge in [-0.25, -0.2) is 0 Å². The van der Waals surface area contributed by atoms with E-state index < -0.39 is 0 Å². The molecule has 0 saturated heterocycles. The molecule has 0 bridgehead atoms. The molecule has 6 aromatic rings. The van der Waals surface area contributed by atoms with Gasteiger partial charge in [0, 0.05) is 38.0 Å². The topological polar surface area (TPSA) is 6.48 Å². The zero-order valence-corrected chi connectivity index (χ0v) is 47.0. The Hall–Kier alpha value is -4.54. The van der Waals surface area contributed by atoms with Crippen molar-refractivity contribution in [2.24, 2.45) is 0 Å². The van der Waals surface area contributed by atoms with E-state index in [0.717, 1.165) is 0 Å². The monoisotopic (exact) mass is 933 g/mol. The molecule has 0 N–H and O–H groups in total. The Morgan fingerprint density at radius 2 is 1.00 bits per heavy atom. The Kier molecular flexibility index (Phi) is 10.6. The summed E-state index contributed by atoms with van der Waals surface area (Å²) >= 11 is 2.15. The average Bonchev–Trinajstić information content (AvgIpc) is 3.66. The standard InChI is InChI=1S/C65H81BN2S/c1-38-31-39(2)53(40(3)32-38)45-33-42(60(7,8)9)23-26-49(45)68-50-37-47-46(62(13,14)27-28-63(47,15)16)36-48(50)66-55-51(34-43(35-52(55)68)61(10,11)12)67(44-24-21-41(22-25-44)59(4,5)6)56-54-57(69-58(56)66)65(19,20)30-29-64(54,17)18/h21-26,31-37H,27-30H2,1-20H3. The smallest absolute Gasteiger partial charge is 0.264 e. The molecule has 360 valence electrons. The molecule has 0 atom stereocenters. The molecule has 3 heterocycles. The van der Waals surface area contributed by atoms with Crippen LogP contribution in [0.2, 0.25) is 0 Å². The van der Waals surface area contributed by atoms with Gasteiger partial charge in [0.05, 0.1) is 11.4 Å². The molecule has 0 unspecified atom stereocenters. The summed E-state index contributed by atoms with van der Waals surface area (Å²) in [6.45, 7) is 48.5. The molecule has 4 heteroatoms. The highest BCUT2D eigenvalue weighted by atomic mass is 32.1. The summed E-state index contributed by atoms with van der Waals surface area (Å²) in [6.07, 6.45) is 4.72. The lowest BCUT2D eigenvalue weighted by molar-refractivity contribution is 0.332. The van der Waals surface area contributed by atoms with Gasteiger partial charge in [-0.05, 0) is 188 Å². The molecule has 2 aliphatic heterocycles. The van der Waals surface area contributed by atoms with Gasteiger partial charge >= 0.3 is 0 Å². The summed E-state index contributed by atoms with van der Waals surface area (Å²) in [7, 11) is 0. The Morgan fingerprint density at radius 1 is 0.493 bits per heavy atom. The summed E-state index contributed by atoms with van der Waals surface area (Å²) in [5.41, 5.74) is 26.3. The van der Waals surface area contributed by atoms with Gasteiger partial charge in [0.15, 0.2) is 0 Å². The van der Waals surface area contributed by atoms with Crippen molar-refractivity contribution in [3.05, 3.63) is 134 Å². The van der Waals surface area contributed by atoms with Crippen molar-refractivity contribution in [3.8, 4) is 11.1 Å². The minimum atomic E-state index is -0.116. The van der Waals surface area contributed by atoms with Crippen LogP contribution in [-0.2, 0) is 37.9 Å². The van der Waals surface area contributed by atoms with Crippen LogP contribution in [0.1, 0.15) is 198 Å². The highest BCUT2D eigenvalue weighted by Gasteiger charge is 2.52. The minimum absolute atomic E-state index is 0.0133. The van der Waals surface area contributed by atoms with Crippen LogP contribution in [0.25, 0.3) is 11.1 Å². The van der Waals surface area contributed by atoms with E-state index in [1.54, 1.807) is 10.4 Å². The number of rotatable bonds is 3. The van der Waals surface area contributed by atoms with Gasteiger partial charge in [0.1, 0.15) is 0 Å². The van der Waals surface area contributed by atoms with Gasteiger partial charge in [-0.2, -0.15) is 11.3 Å². The van der Waals surface area contributed by atoms with Gasteiger partial charge in [0.2, 0.25) is 0 Å². The van der Waals surface area contributed by atoms with E-state index in [1.807, 2.05) is 0 Å². The lowest BCUT2D eigenvalue weighted by atomic mass is 9.35. The second kappa shape index (κ2) is 15.2. The Balaban J connectivity index is 1.41. The predicted octanol–water partition coefficient (Wildman–Crippen LogP) is 17.0. The molecule has 0 fully saturated rings. The number of thiophene rings is 1. The quantitative estimate of drug-likeness (QED) is 0.163. The van der Waals surface area contributed by atoms with E-state index in [9.17, 15) is 0 Å². The van der Waals surface area contributed by atoms with Gasteiger partial charge in [-0.1, -0.05) is 160 Å². The molecule has 10 rings (SSSR count). The fourth-order valence-electron chi connectivity index (χ4n) is 12.9. The van der Waals surface area contributed by atoms with E-state index in [4.69, 9.17) is 0 Å². The fourth-order valence-corrected chi connectivity index (χ4v) is 14.6. The molecule has 2 nitrogen and oxygen atoms in total. The maximum atomic E-state index is 2.77. The molecule has 0 amide bonds. The van der Waals surface area contributed by atoms with Crippen LogP contribution in [0.3, 0.4) is 0 Å². The maximum Gasteiger partial charge on any atom is 0.264 e. The molecule has 0 radical (unpaired) electrons. The second-order valence-electron chi connectivity index (χ2n) is 27.8. The third-order valence-corrected chi connectivity index (χ3v) is 19.0. The number of fused-ring (bicyclic) bond motifs is 7. The molecular formula is C65H81BN2S. The normalized spacial score (nSPS) is 18.6. The molecular weight excluding hydrogens is 852 g/mol. The Bertz CT molecular complexity index is 3070. The third-order valence-electron chi connectivity index (χ3n) is 17.4. The van der Waals surface area contributed by atoms with Crippen molar-refractivity contribution in [1.82, 2.24) is 0 Å². The van der Waals surface area contributed by atoms with Crippen molar-refractivity contribution in [3.63, 3.8) is 0 Å². The lowest BCUT2D eigenvalue weighted by Gasteiger charge is -2.48. The van der Waals surface area contributed by atoms with Crippen LogP contribution >= 0.6 is 11.3 Å². The summed E-state index contributed by atoms with van der Waals surface area (Å²) in [6, 6.07) is 32.6. The molecule has 5 aromatic carbocycles. The number of anilines is 6. The molecule has 0 saturated carbocycles. The van der Waals surface area contributed by atoms with E-state index in [2.05, 4.69) is 238 Å². The van der Waals surface area contributed by atoms with Gasteiger partial charge in [-0.15, -0.1) is 0 Å². The second-order valence-corrected chi connectivity index (χ2v) is 28.9. The van der Waals surface area contributed by atoms with Crippen LogP contribution in [0.4, 0.5) is 34.1 Å². The van der Waals surface area contributed by atoms with Crippen molar-refractivity contribution in [1.29, 1.82) is 0 Å².